The zero-order valence-electron chi connectivity index (χ0n) is 21.1. The molecule has 190 valence electrons. The molecule has 0 spiro atoms. The van der Waals surface area contributed by atoms with Crippen molar-refractivity contribution in [3.8, 4) is 11.1 Å². The first kappa shape index (κ1) is 23.6. The van der Waals surface area contributed by atoms with E-state index in [1.54, 1.807) is 6.20 Å². The summed E-state index contributed by atoms with van der Waals surface area (Å²) in [5.41, 5.74) is 10.3. The quantitative estimate of drug-likeness (QED) is 0.252. The minimum atomic E-state index is 0.437. The van der Waals surface area contributed by atoms with Crippen molar-refractivity contribution in [2.45, 2.75) is 38.3 Å². The summed E-state index contributed by atoms with van der Waals surface area (Å²) < 4.78 is 2.80. The van der Waals surface area contributed by atoms with Crippen LogP contribution < -0.4 is 5.32 Å². The summed E-state index contributed by atoms with van der Waals surface area (Å²) in [4.78, 5) is 11.8. The van der Waals surface area contributed by atoms with Crippen molar-refractivity contribution in [1.82, 2.24) is 24.5 Å². The predicted molar refractivity (Wildman–Crippen MR) is 154 cm³/mol. The van der Waals surface area contributed by atoms with Crippen molar-refractivity contribution in [3.05, 3.63) is 112 Å². The smallest absolute Gasteiger partial charge is 0.171 e. The molecule has 7 rings (SSSR count). The lowest BCUT2D eigenvalue weighted by atomic mass is 9.92. The van der Waals surface area contributed by atoms with Crippen molar-refractivity contribution in [3.63, 3.8) is 0 Å². The Labute approximate surface area is 230 Å². The molecule has 6 nitrogen and oxygen atoms in total. The van der Waals surface area contributed by atoms with Crippen molar-refractivity contribution in [1.29, 1.82) is 0 Å². The number of anilines is 1. The molecule has 0 atom stereocenters. The fourth-order valence-corrected chi connectivity index (χ4v) is 6.28. The number of hydrogen-bond acceptors (Lipinski definition) is 5. The lowest BCUT2D eigenvalue weighted by Crippen LogP contribution is -2.32. The Bertz CT molecular complexity index is 1600. The second-order valence-corrected chi connectivity index (χ2v) is 11.2. The van der Waals surface area contributed by atoms with Crippen LogP contribution in [0.5, 0.6) is 0 Å². The van der Waals surface area contributed by atoms with Crippen LogP contribution in [0.15, 0.2) is 83.7 Å². The number of aromatic nitrogens is 4. The van der Waals surface area contributed by atoms with E-state index in [0.29, 0.717) is 12.5 Å². The molecule has 2 aromatic carbocycles. The van der Waals surface area contributed by atoms with Crippen molar-refractivity contribution >= 4 is 27.4 Å². The zero-order chi connectivity index (χ0) is 25.5. The molecule has 7 heteroatoms. The van der Waals surface area contributed by atoms with Crippen molar-refractivity contribution < 1.29 is 0 Å². The van der Waals surface area contributed by atoms with E-state index in [4.69, 9.17) is 4.98 Å². The average molecular weight is 566 g/mol. The molecular formula is C31H29BrN6. The van der Waals surface area contributed by atoms with Gasteiger partial charge in [-0.3, -0.25) is 9.88 Å². The maximum atomic E-state index is 5.02. The highest BCUT2D eigenvalue weighted by Gasteiger charge is 2.24. The number of likely N-dealkylation sites (tertiary alicyclic amines) is 1. The normalized spacial score (nSPS) is 15.5. The van der Waals surface area contributed by atoms with Gasteiger partial charge in [-0.25, -0.2) is 4.98 Å². The van der Waals surface area contributed by atoms with Gasteiger partial charge in [0, 0.05) is 43.2 Å². The first-order chi connectivity index (χ1) is 18.7. The van der Waals surface area contributed by atoms with Crippen LogP contribution in [0.3, 0.4) is 0 Å². The number of nitrogens with one attached hydrogen (secondary N) is 1. The lowest BCUT2D eigenvalue weighted by Gasteiger charge is -2.32. The van der Waals surface area contributed by atoms with E-state index in [-0.39, 0.29) is 0 Å². The molecule has 0 amide bonds. The number of halogens is 1. The molecule has 1 saturated heterocycles. The van der Waals surface area contributed by atoms with Crippen molar-refractivity contribution in [2.24, 2.45) is 0 Å². The van der Waals surface area contributed by atoms with Crippen LogP contribution in [0.2, 0.25) is 0 Å². The fourth-order valence-electron chi connectivity index (χ4n) is 5.93. The Morgan fingerprint density at radius 2 is 1.76 bits per heavy atom. The van der Waals surface area contributed by atoms with E-state index in [0.717, 1.165) is 66.1 Å². The van der Waals surface area contributed by atoms with Gasteiger partial charge in [-0.1, -0.05) is 48.5 Å². The molecule has 0 saturated carbocycles. The van der Waals surface area contributed by atoms with E-state index in [1.165, 1.54) is 27.8 Å². The molecule has 0 unspecified atom stereocenters. The Kier molecular flexibility index (Phi) is 6.18. The number of fused-ring (bicyclic) bond motifs is 4. The summed E-state index contributed by atoms with van der Waals surface area (Å²) in [5, 5.41) is 8.09. The average Bonchev–Trinajstić information content (AvgIpc) is 3.52. The molecule has 1 aliphatic heterocycles. The minimum Gasteiger partial charge on any atom is -0.366 e. The molecule has 4 heterocycles. The van der Waals surface area contributed by atoms with Gasteiger partial charge >= 0.3 is 0 Å². The van der Waals surface area contributed by atoms with Gasteiger partial charge in [0.1, 0.15) is 5.82 Å². The van der Waals surface area contributed by atoms with Gasteiger partial charge in [-0.2, -0.15) is 9.61 Å². The Morgan fingerprint density at radius 1 is 0.895 bits per heavy atom. The maximum Gasteiger partial charge on any atom is 0.171 e. The van der Waals surface area contributed by atoms with Crippen LogP contribution in [-0.2, 0) is 19.5 Å². The van der Waals surface area contributed by atoms with Crippen LogP contribution in [-0.4, -0.2) is 37.6 Å². The monoisotopic (exact) mass is 564 g/mol. The highest BCUT2D eigenvalue weighted by molar-refractivity contribution is 9.10. The number of nitrogens with zero attached hydrogens (tertiary/aromatic N) is 5. The summed E-state index contributed by atoms with van der Waals surface area (Å²) in [6, 6.07) is 22.1. The third-order valence-corrected chi connectivity index (χ3v) is 8.47. The van der Waals surface area contributed by atoms with Crippen LogP contribution in [0, 0.1) is 0 Å². The SMILES string of the molecule is Brc1cnn2c(NCc3cccnc3)cc(C3CCN(Cc4ccc5c(c4)Cc4ccccc4-5)CC3)nc12. The summed E-state index contributed by atoms with van der Waals surface area (Å²) in [7, 11) is 0. The zero-order valence-corrected chi connectivity index (χ0v) is 22.7. The topological polar surface area (TPSA) is 58.4 Å². The third kappa shape index (κ3) is 4.50. The minimum absolute atomic E-state index is 0.437. The summed E-state index contributed by atoms with van der Waals surface area (Å²) in [6.07, 6.45) is 8.77. The second-order valence-electron chi connectivity index (χ2n) is 10.4. The molecular weight excluding hydrogens is 536 g/mol. The highest BCUT2D eigenvalue weighted by Crippen LogP contribution is 2.37. The van der Waals surface area contributed by atoms with Gasteiger partial charge in [0.15, 0.2) is 5.65 Å². The van der Waals surface area contributed by atoms with E-state index < -0.39 is 0 Å². The van der Waals surface area contributed by atoms with E-state index in [9.17, 15) is 0 Å². The number of rotatable bonds is 6. The summed E-state index contributed by atoms with van der Waals surface area (Å²) in [5.74, 6) is 1.40. The largest absolute Gasteiger partial charge is 0.366 e. The van der Waals surface area contributed by atoms with Gasteiger partial charge < -0.3 is 5.32 Å². The standard InChI is InChI=1S/C31H29BrN6/c32-28-19-35-38-30(34-18-22-4-3-11-33-17-22)16-29(36-31(28)38)23-9-12-37(13-10-23)20-21-7-8-27-25(14-21)15-24-5-1-2-6-26(24)27/h1-8,11,14,16-17,19,23,34H,9-10,12-13,15,18,20H2. The van der Waals surface area contributed by atoms with Gasteiger partial charge in [0.05, 0.1) is 10.7 Å². The van der Waals surface area contributed by atoms with Gasteiger partial charge in [0.2, 0.25) is 0 Å². The Morgan fingerprint density at radius 3 is 2.63 bits per heavy atom. The Hall–Kier alpha value is -3.55. The van der Waals surface area contributed by atoms with E-state index in [1.807, 2.05) is 23.0 Å². The van der Waals surface area contributed by atoms with Gasteiger partial charge in [-0.15, -0.1) is 0 Å². The number of hydrogen-bond donors (Lipinski definition) is 1. The number of benzene rings is 2. The highest BCUT2D eigenvalue weighted by atomic mass is 79.9. The van der Waals surface area contributed by atoms with E-state index in [2.05, 4.69) is 90.8 Å². The molecule has 1 aliphatic carbocycles. The molecule has 3 aromatic heterocycles. The molecule has 0 bridgehead atoms. The van der Waals surface area contributed by atoms with Gasteiger partial charge in [0.25, 0.3) is 0 Å². The van der Waals surface area contributed by atoms with Crippen molar-refractivity contribution in [2.75, 3.05) is 18.4 Å². The van der Waals surface area contributed by atoms with Crippen LogP contribution in [0.4, 0.5) is 5.82 Å². The lowest BCUT2D eigenvalue weighted by molar-refractivity contribution is 0.203. The second kappa shape index (κ2) is 9.97. The first-order valence-corrected chi connectivity index (χ1v) is 14.1. The molecule has 5 aromatic rings. The van der Waals surface area contributed by atoms with E-state index >= 15 is 0 Å². The summed E-state index contributed by atoms with van der Waals surface area (Å²) in [6.45, 7) is 3.85. The number of pyridine rings is 1. The molecule has 1 fully saturated rings. The summed E-state index contributed by atoms with van der Waals surface area (Å²) >= 11 is 3.64. The predicted octanol–water partition coefficient (Wildman–Crippen LogP) is 6.45. The molecule has 0 radical (unpaired) electrons. The van der Waals surface area contributed by atoms with Crippen LogP contribution >= 0.6 is 15.9 Å². The Balaban J connectivity index is 1.04. The van der Waals surface area contributed by atoms with Gasteiger partial charge in [-0.05, 0) is 87.7 Å². The first-order valence-electron chi connectivity index (χ1n) is 13.3. The third-order valence-electron chi connectivity index (χ3n) is 7.92. The fraction of sp³-hybridized carbons (Fsp3) is 0.258. The number of piperidine rings is 1. The molecule has 1 N–H and O–H groups in total. The molecule has 38 heavy (non-hydrogen) atoms. The maximum absolute atomic E-state index is 5.02. The van der Waals surface area contributed by atoms with Crippen LogP contribution in [0.1, 0.15) is 46.7 Å². The molecule has 2 aliphatic rings. The van der Waals surface area contributed by atoms with Crippen LogP contribution in [0.25, 0.3) is 16.8 Å².